The smallest absolute Gasteiger partial charge is 0.310 e. The Kier molecular flexibility index (Phi) is 3.28. The largest absolute Gasteiger partial charge is 0.481 e. The molecule has 0 spiro atoms. The third-order valence-electron chi connectivity index (χ3n) is 2.62. The first-order valence-corrected chi connectivity index (χ1v) is 5.89. The SMILES string of the molecule is CC(C(=O)O)c1ccc(-n2ccnc2)c(Br)c1. The number of nitrogens with zero attached hydrogens (tertiary/aromatic N) is 2. The minimum Gasteiger partial charge on any atom is -0.481 e. The third kappa shape index (κ3) is 2.39. The van der Waals surface area contributed by atoms with Crippen molar-refractivity contribution in [1.29, 1.82) is 0 Å². The average Bonchev–Trinajstić information content (AvgIpc) is 2.81. The quantitative estimate of drug-likeness (QED) is 0.947. The Bertz CT molecular complexity index is 537. The van der Waals surface area contributed by atoms with Crippen molar-refractivity contribution in [2.45, 2.75) is 12.8 Å². The molecule has 1 N–H and O–H groups in total. The summed E-state index contributed by atoms with van der Waals surface area (Å²) in [5, 5.41) is 8.95. The van der Waals surface area contributed by atoms with E-state index in [4.69, 9.17) is 5.11 Å². The van der Waals surface area contributed by atoms with E-state index in [0.29, 0.717) is 0 Å². The molecule has 88 valence electrons. The summed E-state index contributed by atoms with van der Waals surface area (Å²) in [6, 6.07) is 5.52. The summed E-state index contributed by atoms with van der Waals surface area (Å²) in [6.45, 7) is 1.67. The molecule has 0 radical (unpaired) electrons. The van der Waals surface area contributed by atoms with Crippen LogP contribution in [0, 0.1) is 0 Å². The average molecular weight is 295 g/mol. The van der Waals surface area contributed by atoms with Crippen LogP contribution in [0.25, 0.3) is 5.69 Å². The molecule has 0 saturated carbocycles. The lowest BCUT2D eigenvalue weighted by Gasteiger charge is -2.10. The van der Waals surface area contributed by atoms with Gasteiger partial charge in [0.15, 0.2) is 0 Å². The van der Waals surface area contributed by atoms with Crippen molar-refractivity contribution in [2.75, 3.05) is 0 Å². The highest BCUT2D eigenvalue weighted by Crippen LogP contribution is 2.26. The van der Waals surface area contributed by atoms with E-state index in [1.165, 1.54) is 0 Å². The monoisotopic (exact) mass is 294 g/mol. The molecule has 0 saturated heterocycles. The topological polar surface area (TPSA) is 55.1 Å². The van der Waals surface area contributed by atoms with Gasteiger partial charge in [-0.25, -0.2) is 4.98 Å². The van der Waals surface area contributed by atoms with E-state index in [9.17, 15) is 4.79 Å². The van der Waals surface area contributed by atoms with Crippen LogP contribution in [0.5, 0.6) is 0 Å². The number of carboxylic acid groups (broad SMARTS) is 1. The normalized spacial score (nSPS) is 12.4. The second-order valence-corrected chi connectivity index (χ2v) is 4.60. The van der Waals surface area contributed by atoms with Gasteiger partial charge in [0.1, 0.15) is 0 Å². The Balaban J connectivity index is 2.39. The fourth-order valence-corrected chi connectivity index (χ4v) is 2.15. The van der Waals surface area contributed by atoms with Crippen molar-refractivity contribution in [3.05, 3.63) is 47.0 Å². The number of hydrogen-bond acceptors (Lipinski definition) is 2. The molecule has 0 fully saturated rings. The van der Waals surface area contributed by atoms with E-state index in [-0.39, 0.29) is 0 Å². The Morgan fingerprint density at radius 2 is 2.29 bits per heavy atom. The molecule has 1 aromatic heterocycles. The standard InChI is InChI=1S/C12H11BrN2O2/c1-8(12(16)17)9-2-3-11(10(13)6-9)15-5-4-14-7-15/h2-8H,1H3,(H,16,17). The van der Waals surface area contributed by atoms with Gasteiger partial charge in [-0.15, -0.1) is 0 Å². The summed E-state index contributed by atoms with van der Waals surface area (Å²) in [7, 11) is 0. The molecule has 0 aliphatic carbocycles. The summed E-state index contributed by atoms with van der Waals surface area (Å²) in [5.41, 5.74) is 1.71. The van der Waals surface area contributed by atoms with Gasteiger partial charge in [0.05, 0.1) is 17.9 Å². The Morgan fingerprint density at radius 1 is 1.53 bits per heavy atom. The number of rotatable bonds is 3. The highest BCUT2D eigenvalue weighted by atomic mass is 79.9. The number of carbonyl (C=O) groups is 1. The maximum atomic E-state index is 10.9. The van der Waals surface area contributed by atoms with Gasteiger partial charge in [-0.1, -0.05) is 6.07 Å². The maximum absolute atomic E-state index is 10.9. The van der Waals surface area contributed by atoms with Crippen LogP contribution in [0.2, 0.25) is 0 Å². The fraction of sp³-hybridized carbons (Fsp3) is 0.167. The minimum atomic E-state index is -0.827. The van der Waals surface area contributed by atoms with Gasteiger partial charge in [0.25, 0.3) is 0 Å². The van der Waals surface area contributed by atoms with Gasteiger partial charge >= 0.3 is 5.97 Å². The van der Waals surface area contributed by atoms with Crippen LogP contribution < -0.4 is 0 Å². The van der Waals surface area contributed by atoms with Crippen LogP contribution in [-0.2, 0) is 4.79 Å². The number of aromatic nitrogens is 2. The predicted molar refractivity (Wildman–Crippen MR) is 67.3 cm³/mol. The highest BCUT2D eigenvalue weighted by molar-refractivity contribution is 9.10. The van der Waals surface area contributed by atoms with Crippen LogP contribution in [0.15, 0.2) is 41.4 Å². The zero-order valence-electron chi connectivity index (χ0n) is 9.17. The molecule has 0 aliphatic heterocycles. The summed E-state index contributed by atoms with van der Waals surface area (Å²) >= 11 is 3.44. The van der Waals surface area contributed by atoms with Crippen molar-refractivity contribution in [2.24, 2.45) is 0 Å². The molecule has 0 amide bonds. The van der Waals surface area contributed by atoms with Crippen molar-refractivity contribution in [1.82, 2.24) is 9.55 Å². The summed E-state index contributed by atoms with van der Waals surface area (Å²) < 4.78 is 2.71. The highest BCUT2D eigenvalue weighted by Gasteiger charge is 2.14. The second-order valence-electron chi connectivity index (χ2n) is 3.74. The van der Waals surface area contributed by atoms with Crippen molar-refractivity contribution in [3.8, 4) is 5.69 Å². The molecule has 0 aliphatic rings. The van der Waals surface area contributed by atoms with E-state index in [1.807, 2.05) is 29.0 Å². The first-order valence-electron chi connectivity index (χ1n) is 5.10. The van der Waals surface area contributed by atoms with Crippen LogP contribution in [0.4, 0.5) is 0 Å². The third-order valence-corrected chi connectivity index (χ3v) is 3.26. The van der Waals surface area contributed by atoms with Gasteiger partial charge in [0, 0.05) is 16.9 Å². The van der Waals surface area contributed by atoms with E-state index in [0.717, 1.165) is 15.7 Å². The van der Waals surface area contributed by atoms with Crippen molar-refractivity contribution >= 4 is 21.9 Å². The predicted octanol–water partition coefficient (Wildman–Crippen LogP) is 2.82. The summed E-state index contributed by atoms with van der Waals surface area (Å²) in [5.74, 6) is -1.34. The van der Waals surface area contributed by atoms with Gasteiger partial charge in [-0.2, -0.15) is 0 Å². The second kappa shape index (κ2) is 4.71. The maximum Gasteiger partial charge on any atom is 0.310 e. The summed E-state index contributed by atoms with van der Waals surface area (Å²) in [6.07, 6.45) is 5.22. The molecule has 1 heterocycles. The Morgan fingerprint density at radius 3 is 2.82 bits per heavy atom. The number of hydrogen-bond donors (Lipinski definition) is 1. The zero-order chi connectivity index (χ0) is 12.4. The van der Waals surface area contributed by atoms with E-state index < -0.39 is 11.9 Å². The lowest BCUT2D eigenvalue weighted by molar-refractivity contribution is -0.138. The Hall–Kier alpha value is -1.62. The summed E-state index contributed by atoms with van der Waals surface area (Å²) in [4.78, 5) is 14.9. The van der Waals surface area contributed by atoms with Gasteiger partial charge < -0.3 is 9.67 Å². The molecular formula is C12H11BrN2O2. The van der Waals surface area contributed by atoms with E-state index >= 15 is 0 Å². The molecule has 0 bridgehead atoms. The number of carboxylic acids is 1. The molecule has 1 aromatic carbocycles. The van der Waals surface area contributed by atoms with E-state index in [2.05, 4.69) is 20.9 Å². The molecule has 17 heavy (non-hydrogen) atoms. The zero-order valence-corrected chi connectivity index (χ0v) is 10.8. The van der Waals surface area contributed by atoms with Gasteiger partial charge in [-0.3, -0.25) is 4.79 Å². The van der Waals surface area contributed by atoms with Crippen LogP contribution in [-0.4, -0.2) is 20.6 Å². The molecule has 4 nitrogen and oxygen atoms in total. The van der Waals surface area contributed by atoms with Crippen LogP contribution in [0.1, 0.15) is 18.4 Å². The lowest BCUT2D eigenvalue weighted by Crippen LogP contribution is -2.07. The van der Waals surface area contributed by atoms with Crippen molar-refractivity contribution in [3.63, 3.8) is 0 Å². The van der Waals surface area contributed by atoms with Gasteiger partial charge in [0.2, 0.25) is 0 Å². The van der Waals surface area contributed by atoms with E-state index in [1.54, 1.807) is 19.4 Å². The fourth-order valence-electron chi connectivity index (χ4n) is 1.55. The molecule has 5 heteroatoms. The number of imidazole rings is 1. The number of benzene rings is 1. The minimum absolute atomic E-state index is 0.511. The van der Waals surface area contributed by atoms with Crippen LogP contribution in [0.3, 0.4) is 0 Å². The van der Waals surface area contributed by atoms with Crippen molar-refractivity contribution < 1.29 is 9.90 Å². The molecular weight excluding hydrogens is 284 g/mol. The molecule has 1 unspecified atom stereocenters. The van der Waals surface area contributed by atoms with Gasteiger partial charge in [-0.05, 0) is 40.5 Å². The number of halogens is 1. The Labute approximate surface area is 107 Å². The first kappa shape index (κ1) is 11.9. The molecule has 2 rings (SSSR count). The lowest BCUT2D eigenvalue weighted by atomic mass is 10.0. The number of aliphatic carboxylic acids is 1. The molecule has 2 aromatic rings. The first-order chi connectivity index (χ1) is 8.09. The van der Waals surface area contributed by atoms with Crippen LogP contribution >= 0.6 is 15.9 Å². The molecule has 1 atom stereocenters.